The fourth-order valence-electron chi connectivity index (χ4n) is 2.01. The molecular formula is C12H21N3O6. The molecule has 0 aromatic rings. The molecule has 1 aliphatic rings. The van der Waals surface area contributed by atoms with E-state index < -0.39 is 48.6 Å². The third-order valence-electron chi connectivity index (χ3n) is 3.24. The maximum atomic E-state index is 11.9. The van der Waals surface area contributed by atoms with Crippen LogP contribution in [0.4, 0.5) is 0 Å². The van der Waals surface area contributed by atoms with Crippen LogP contribution in [0.25, 0.3) is 0 Å². The molecule has 9 heteroatoms. The van der Waals surface area contributed by atoms with E-state index in [1.54, 1.807) is 0 Å². The predicted octanol–water partition coefficient (Wildman–Crippen LogP) is -2.83. The first-order chi connectivity index (χ1) is 9.86. The molecule has 4 unspecified atom stereocenters. The number of hydrogen-bond acceptors (Lipinski definition) is 6. The summed E-state index contributed by atoms with van der Waals surface area (Å²) in [7, 11) is 0. The Kier molecular flexibility index (Phi) is 6.53. The van der Waals surface area contributed by atoms with E-state index in [4.69, 9.17) is 10.2 Å². The monoisotopic (exact) mass is 303 g/mol. The van der Waals surface area contributed by atoms with E-state index in [1.165, 1.54) is 6.92 Å². The van der Waals surface area contributed by atoms with Crippen molar-refractivity contribution in [3.05, 3.63) is 0 Å². The molecule has 1 aliphatic heterocycles. The van der Waals surface area contributed by atoms with Gasteiger partial charge in [-0.25, -0.2) is 4.79 Å². The number of amides is 2. The van der Waals surface area contributed by atoms with Crippen LogP contribution >= 0.6 is 0 Å². The molecule has 6 N–H and O–H groups in total. The van der Waals surface area contributed by atoms with E-state index in [0.717, 1.165) is 6.42 Å². The molecule has 1 heterocycles. The van der Waals surface area contributed by atoms with Crippen molar-refractivity contribution in [2.24, 2.45) is 0 Å². The first-order valence-electron chi connectivity index (χ1n) is 6.72. The summed E-state index contributed by atoms with van der Waals surface area (Å²) in [5.74, 6) is -2.69. The lowest BCUT2D eigenvalue weighted by atomic mass is 10.1. The van der Waals surface area contributed by atoms with Gasteiger partial charge < -0.3 is 31.3 Å². The summed E-state index contributed by atoms with van der Waals surface area (Å²) in [6.45, 7) is 1.22. The van der Waals surface area contributed by atoms with Crippen LogP contribution in [0.2, 0.25) is 0 Å². The molecule has 0 aromatic heterocycles. The van der Waals surface area contributed by atoms with E-state index in [2.05, 4.69) is 16.0 Å². The van der Waals surface area contributed by atoms with Crippen LogP contribution in [-0.2, 0) is 14.4 Å². The first kappa shape index (κ1) is 17.3. The first-order valence-corrected chi connectivity index (χ1v) is 6.72. The number of carbonyl (C=O) groups excluding carboxylic acids is 2. The Morgan fingerprint density at radius 3 is 2.43 bits per heavy atom. The summed E-state index contributed by atoms with van der Waals surface area (Å²) < 4.78 is 0. The highest BCUT2D eigenvalue weighted by molar-refractivity contribution is 5.92. The Labute approximate surface area is 121 Å². The molecule has 1 rings (SSSR count). The zero-order valence-electron chi connectivity index (χ0n) is 11.7. The van der Waals surface area contributed by atoms with Gasteiger partial charge in [0, 0.05) is 0 Å². The summed E-state index contributed by atoms with van der Waals surface area (Å²) >= 11 is 0. The van der Waals surface area contributed by atoms with Crippen LogP contribution in [0.5, 0.6) is 0 Å². The van der Waals surface area contributed by atoms with Gasteiger partial charge in [0.25, 0.3) is 0 Å². The summed E-state index contributed by atoms with van der Waals surface area (Å²) in [6.07, 6.45) is 0.271. The second-order valence-electron chi connectivity index (χ2n) is 4.96. The summed E-state index contributed by atoms with van der Waals surface area (Å²) in [5.41, 5.74) is 0. The highest BCUT2D eigenvalue weighted by Gasteiger charge is 2.32. The van der Waals surface area contributed by atoms with Crippen LogP contribution in [0, 0.1) is 0 Å². The number of carboxylic acids is 1. The van der Waals surface area contributed by atoms with Crippen LogP contribution in [-0.4, -0.2) is 70.5 Å². The van der Waals surface area contributed by atoms with Crippen LogP contribution in [0.15, 0.2) is 0 Å². The van der Waals surface area contributed by atoms with Crippen molar-refractivity contribution in [3.8, 4) is 0 Å². The molecule has 21 heavy (non-hydrogen) atoms. The van der Waals surface area contributed by atoms with Gasteiger partial charge in [-0.1, -0.05) is 0 Å². The Bertz CT molecular complexity index is 394. The lowest BCUT2D eigenvalue weighted by Gasteiger charge is -2.24. The SMILES string of the molecule is CC(O)C(NC(=O)C1CCCN1)C(=O)NC(CO)C(=O)O. The molecule has 1 saturated heterocycles. The average molecular weight is 303 g/mol. The molecule has 9 nitrogen and oxygen atoms in total. The molecule has 0 spiro atoms. The van der Waals surface area contributed by atoms with Crippen molar-refractivity contribution in [1.82, 2.24) is 16.0 Å². The minimum Gasteiger partial charge on any atom is -0.480 e. The minimum absolute atomic E-state index is 0.424. The van der Waals surface area contributed by atoms with E-state index in [0.29, 0.717) is 13.0 Å². The molecule has 4 atom stereocenters. The fraction of sp³-hybridized carbons (Fsp3) is 0.750. The third-order valence-corrected chi connectivity index (χ3v) is 3.24. The topological polar surface area (TPSA) is 148 Å². The van der Waals surface area contributed by atoms with Gasteiger partial charge in [0.15, 0.2) is 0 Å². The zero-order valence-corrected chi connectivity index (χ0v) is 11.7. The largest absolute Gasteiger partial charge is 0.480 e. The number of carboxylic acid groups (broad SMARTS) is 1. The molecule has 0 aromatic carbocycles. The van der Waals surface area contributed by atoms with Crippen molar-refractivity contribution in [1.29, 1.82) is 0 Å². The number of nitrogens with one attached hydrogen (secondary N) is 3. The second kappa shape index (κ2) is 7.91. The lowest BCUT2D eigenvalue weighted by molar-refractivity contribution is -0.144. The summed E-state index contributed by atoms with van der Waals surface area (Å²) in [6, 6.07) is -3.19. The molecule has 0 saturated carbocycles. The average Bonchev–Trinajstić information content (AvgIpc) is 2.94. The number of rotatable bonds is 7. The lowest BCUT2D eigenvalue weighted by Crippen LogP contribution is -2.58. The Morgan fingerprint density at radius 2 is 2.00 bits per heavy atom. The number of carbonyl (C=O) groups is 3. The molecule has 0 radical (unpaired) electrons. The molecule has 120 valence electrons. The Balaban J connectivity index is 2.65. The van der Waals surface area contributed by atoms with Crippen LogP contribution < -0.4 is 16.0 Å². The Morgan fingerprint density at radius 1 is 1.33 bits per heavy atom. The number of aliphatic hydroxyl groups excluding tert-OH is 2. The minimum atomic E-state index is -1.49. The van der Waals surface area contributed by atoms with Crippen molar-refractivity contribution < 1.29 is 29.7 Å². The molecule has 0 aliphatic carbocycles. The molecular weight excluding hydrogens is 282 g/mol. The maximum absolute atomic E-state index is 11.9. The van der Waals surface area contributed by atoms with E-state index >= 15 is 0 Å². The van der Waals surface area contributed by atoms with Gasteiger partial charge in [0.2, 0.25) is 11.8 Å². The van der Waals surface area contributed by atoms with Gasteiger partial charge in [0.1, 0.15) is 12.1 Å². The van der Waals surface area contributed by atoms with E-state index in [1.807, 2.05) is 0 Å². The van der Waals surface area contributed by atoms with Crippen molar-refractivity contribution >= 4 is 17.8 Å². The Hall–Kier alpha value is -1.71. The van der Waals surface area contributed by atoms with E-state index in [9.17, 15) is 19.5 Å². The summed E-state index contributed by atoms with van der Waals surface area (Å²) in [5, 5.41) is 34.6. The number of aliphatic carboxylic acids is 1. The fourth-order valence-corrected chi connectivity index (χ4v) is 2.01. The maximum Gasteiger partial charge on any atom is 0.328 e. The van der Waals surface area contributed by atoms with E-state index in [-0.39, 0.29) is 0 Å². The van der Waals surface area contributed by atoms with Gasteiger partial charge in [-0.15, -0.1) is 0 Å². The van der Waals surface area contributed by atoms with Gasteiger partial charge >= 0.3 is 5.97 Å². The molecule has 2 amide bonds. The third kappa shape index (κ3) is 4.96. The normalized spacial score (nSPS) is 22.1. The predicted molar refractivity (Wildman–Crippen MR) is 71.3 cm³/mol. The van der Waals surface area contributed by atoms with Gasteiger partial charge in [-0.2, -0.15) is 0 Å². The summed E-state index contributed by atoms with van der Waals surface area (Å²) in [4.78, 5) is 34.6. The second-order valence-corrected chi connectivity index (χ2v) is 4.96. The van der Waals surface area contributed by atoms with Crippen molar-refractivity contribution in [2.75, 3.05) is 13.2 Å². The van der Waals surface area contributed by atoms with Gasteiger partial charge in [-0.05, 0) is 26.3 Å². The van der Waals surface area contributed by atoms with Crippen LogP contribution in [0.3, 0.4) is 0 Å². The van der Waals surface area contributed by atoms with Crippen molar-refractivity contribution in [3.63, 3.8) is 0 Å². The zero-order chi connectivity index (χ0) is 16.0. The van der Waals surface area contributed by atoms with Crippen LogP contribution in [0.1, 0.15) is 19.8 Å². The standard InChI is InChI=1S/C12H21N3O6/c1-6(17)9(11(19)14-8(5-16)12(20)21)15-10(18)7-3-2-4-13-7/h6-9,13,16-17H,2-5H2,1H3,(H,14,19)(H,15,18)(H,20,21). The van der Waals surface area contributed by atoms with Gasteiger partial charge in [-0.3, -0.25) is 9.59 Å². The van der Waals surface area contributed by atoms with Gasteiger partial charge in [0.05, 0.1) is 18.8 Å². The highest BCUT2D eigenvalue weighted by atomic mass is 16.4. The van der Waals surface area contributed by atoms with Crippen molar-refractivity contribution in [2.45, 2.75) is 44.0 Å². The number of aliphatic hydroxyl groups is 2. The highest BCUT2D eigenvalue weighted by Crippen LogP contribution is 2.06. The smallest absolute Gasteiger partial charge is 0.328 e. The quantitative estimate of drug-likeness (QED) is 0.297. The molecule has 1 fully saturated rings. The number of hydrogen-bond donors (Lipinski definition) is 6. The molecule has 0 bridgehead atoms.